The van der Waals surface area contributed by atoms with E-state index in [1.807, 2.05) is 30.3 Å². The van der Waals surface area contributed by atoms with Gasteiger partial charge in [-0.15, -0.1) is 0 Å². The summed E-state index contributed by atoms with van der Waals surface area (Å²) >= 11 is 0. The molecule has 0 aliphatic rings. The molecular weight excluding hydrogens is 314 g/mol. The zero-order chi connectivity index (χ0) is 17.5. The number of carbonyl (C=O) groups is 2. The summed E-state index contributed by atoms with van der Waals surface area (Å²) in [4.78, 5) is 23.4. The van der Waals surface area contributed by atoms with E-state index in [4.69, 9.17) is 14.2 Å². The number of anilines is 1. The Bertz CT molecular complexity index is 729. The van der Waals surface area contributed by atoms with Gasteiger partial charge in [0.25, 0.3) is 0 Å². The van der Waals surface area contributed by atoms with Gasteiger partial charge >= 0.3 is 12.1 Å². The van der Waals surface area contributed by atoms with E-state index >= 15 is 0 Å². The Morgan fingerprint density at radius 3 is 2.38 bits per heavy atom. The average molecular weight is 331 g/mol. The van der Waals surface area contributed by atoms with Gasteiger partial charge in [-0.1, -0.05) is 30.3 Å². The number of benzene rings is 2. The first-order valence-electron chi connectivity index (χ1n) is 7.02. The molecule has 0 unspecified atom stereocenters. The third kappa shape index (κ3) is 4.16. The van der Waals surface area contributed by atoms with Gasteiger partial charge < -0.3 is 19.3 Å². The first-order chi connectivity index (χ1) is 11.5. The molecule has 0 radical (unpaired) electrons. The molecule has 7 heteroatoms. The quantitative estimate of drug-likeness (QED) is 0.844. The Labute approximate surface area is 138 Å². The maximum atomic E-state index is 12.0. The minimum Gasteiger partial charge on any atom is -0.497 e. The number of carboxylic acids is 1. The lowest BCUT2D eigenvalue weighted by Crippen LogP contribution is -2.16. The minimum absolute atomic E-state index is 0.0248. The molecule has 7 nitrogen and oxygen atoms in total. The molecule has 1 amide bonds. The molecule has 2 N–H and O–H groups in total. The fraction of sp³-hybridized carbons (Fsp3) is 0.176. The number of carbonyl (C=O) groups excluding carboxylic acids is 1. The van der Waals surface area contributed by atoms with Crippen molar-refractivity contribution in [3.05, 3.63) is 53.6 Å². The second-order valence-corrected chi connectivity index (χ2v) is 4.74. The lowest BCUT2D eigenvalue weighted by atomic mass is 10.1. The van der Waals surface area contributed by atoms with E-state index in [2.05, 4.69) is 5.32 Å². The number of hydrogen-bond donors (Lipinski definition) is 2. The Balaban J connectivity index is 2.18. The van der Waals surface area contributed by atoms with Crippen LogP contribution < -0.4 is 14.8 Å². The maximum Gasteiger partial charge on any atom is 0.411 e. The van der Waals surface area contributed by atoms with E-state index in [-0.39, 0.29) is 23.6 Å². The lowest BCUT2D eigenvalue weighted by Gasteiger charge is -2.14. The smallest absolute Gasteiger partial charge is 0.411 e. The van der Waals surface area contributed by atoms with Crippen LogP contribution in [0.1, 0.15) is 15.9 Å². The predicted molar refractivity (Wildman–Crippen MR) is 86.8 cm³/mol. The monoisotopic (exact) mass is 331 g/mol. The van der Waals surface area contributed by atoms with Crippen molar-refractivity contribution in [2.45, 2.75) is 6.61 Å². The molecule has 0 saturated carbocycles. The van der Waals surface area contributed by atoms with Crippen molar-refractivity contribution in [1.29, 1.82) is 0 Å². The summed E-state index contributed by atoms with van der Waals surface area (Å²) in [6.07, 6.45) is -0.781. The van der Waals surface area contributed by atoms with Gasteiger partial charge in [-0.25, -0.2) is 9.59 Å². The summed E-state index contributed by atoms with van der Waals surface area (Å²) in [6, 6.07) is 11.9. The van der Waals surface area contributed by atoms with Gasteiger partial charge in [0.15, 0.2) is 0 Å². The van der Waals surface area contributed by atoms with E-state index in [0.717, 1.165) is 5.56 Å². The van der Waals surface area contributed by atoms with Crippen LogP contribution in [0.3, 0.4) is 0 Å². The topological polar surface area (TPSA) is 94.1 Å². The van der Waals surface area contributed by atoms with Crippen molar-refractivity contribution >= 4 is 17.7 Å². The van der Waals surface area contributed by atoms with Gasteiger partial charge in [0.2, 0.25) is 0 Å². The van der Waals surface area contributed by atoms with Crippen LogP contribution in [0.4, 0.5) is 10.5 Å². The van der Waals surface area contributed by atoms with Crippen molar-refractivity contribution in [3.63, 3.8) is 0 Å². The van der Waals surface area contributed by atoms with Crippen molar-refractivity contribution < 1.29 is 28.9 Å². The molecule has 0 bridgehead atoms. The molecule has 0 heterocycles. The SMILES string of the molecule is COc1cc(NC(=O)OCc2ccccc2)c(C(=O)O)c(OC)c1. The molecule has 126 valence electrons. The Morgan fingerprint density at radius 1 is 1.08 bits per heavy atom. The molecule has 2 aromatic rings. The van der Waals surface area contributed by atoms with Gasteiger partial charge in [0.1, 0.15) is 23.7 Å². The molecule has 0 aromatic heterocycles. The van der Waals surface area contributed by atoms with Crippen molar-refractivity contribution in [3.8, 4) is 11.5 Å². The molecule has 24 heavy (non-hydrogen) atoms. The molecule has 2 aromatic carbocycles. The maximum absolute atomic E-state index is 12.0. The first-order valence-corrected chi connectivity index (χ1v) is 7.02. The van der Waals surface area contributed by atoms with E-state index in [1.54, 1.807) is 0 Å². The van der Waals surface area contributed by atoms with Crippen molar-refractivity contribution in [1.82, 2.24) is 0 Å². The average Bonchev–Trinajstić information content (AvgIpc) is 2.59. The van der Waals surface area contributed by atoms with E-state index in [9.17, 15) is 14.7 Å². The van der Waals surface area contributed by atoms with Crippen LogP contribution in [0.15, 0.2) is 42.5 Å². The van der Waals surface area contributed by atoms with Gasteiger partial charge in [-0.05, 0) is 5.56 Å². The number of ether oxygens (including phenoxy) is 3. The van der Waals surface area contributed by atoms with Crippen LogP contribution in [0.25, 0.3) is 0 Å². The molecule has 0 spiro atoms. The first kappa shape index (κ1) is 17.1. The zero-order valence-electron chi connectivity index (χ0n) is 13.2. The van der Waals surface area contributed by atoms with Crippen LogP contribution in [0.2, 0.25) is 0 Å². The third-order valence-corrected chi connectivity index (χ3v) is 3.19. The highest BCUT2D eigenvalue weighted by molar-refractivity contribution is 6.01. The molecule has 0 fully saturated rings. The predicted octanol–water partition coefficient (Wildman–Crippen LogP) is 3.15. The summed E-state index contributed by atoms with van der Waals surface area (Å²) in [5.41, 5.74) is 0.654. The molecule has 0 aliphatic heterocycles. The molecule has 0 saturated heterocycles. The van der Waals surface area contributed by atoms with Gasteiger partial charge in [-0.2, -0.15) is 0 Å². The largest absolute Gasteiger partial charge is 0.497 e. The van der Waals surface area contributed by atoms with Crippen LogP contribution in [-0.2, 0) is 11.3 Å². The number of carboxylic acid groups (broad SMARTS) is 1. The minimum atomic E-state index is -1.24. The summed E-state index contributed by atoms with van der Waals surface area (Å²) in [7, 11) is 2.76. The van der Waals surface area contributed by atoms with Gasteiger partial charge in [0, 0.05) is 12.1 Å². The van der Waals surface area contributed by atoms with Gasteiger partial charge in [0.05, 0.1) is 19.9 Å². The van der Waals surface area contributed by atoms with E-state index < -0.39 is 12.1 Å². The summed E-state index contributed by atoms with van der Waals surface area (Å²) in [6.45, 7) is 0.0657. The summed E-state index contributed by atoms with van der Waals surface area (Å²) in [5.74, 6) is -0.830. The number of rotatable bonds is 6. The number of hydrogen-bond acceptors (Lipinski definition) is 5. The summed E-state index contributed by atoms with van der Waals surface area (Å²) < 4.78 is 15.2. The fourth-order valence-electron chi connectivity index (χ4n) is 2.06. The second-order valence-electron chi connectivity index (χ2n) is 4.74. The lowest BCUT2D eigenvalue weighted by molar-refractivity contribution is 0.0694. The van der Waals surface area contributed by atoms with Crippen LogP contribution >= 0.6 is 0 Å². The highest BCUT2D eigenvalue weighted by Crippen LogP contribution is 2.32. The van der Waals surface area contributed by atoms with Gasteiger partial charge in [-0.3, -0.25) is 5.32 Å². The molecule has 0 aliphatic carbocycles. The normalized spacial score (nSPS) is 9.92. The Morgan fingerprint density at radius 2 is 1.79 bits per heavy atom. The third-order valence-electron chi connectivity index (χ3n) is 3.19. The molecule has 2 rings (SSSR count). The molecule has 0 atom stereocenters. The second kappa shape index (κ2) is 7.87. The summed E-state index contributed by atoms with van der Waals surface area (Å²) in [5, 5.41) is 11.8. The highest BCUT2D eigenvalue weighted by Gasteiger charge is 2.20. The number of nitrogens with one attached hydrogen (secondary N) is 1. The number of aromatic carboxylic acids is 1. The van der Waals surface area contributed by atoms with Crippen molar-refractivity contribution in [2.24, 2.45) is 0 Å². The number of amides is 1. The van der Waals surface area contributed by atoms with E-state index in [1.165, 1.54) is 26.4 Å². The standard InChI is InChI=1S/C17H17NO6/c1-22-12-8-13(15(16(19)20)14(9-12)23-2)18-17(21)24-10-11-6-4-3-5-7-11/h3-9H,10H2,1-2H3,(H,18,21)(H,19,20). The van der Waals surface area contributed by atoms with Crippen LogP contribution in [-0.4, -0.2) is 31.4 Å². The highest BCUT2D eigenvalue weighted by atomic mass is 16.5. The van der Waals surface area contributed by atoms with Crippen molar-refractivity contribution in [2.75, 3.05) is 19.5 Å². The fourth-order valence-corrected chi connectivity index (χ4v) is 2.06. The van der Waals surface area contributed by atoms with Crippen LogP contribution in [0.5, 0.6) is 11.5 Å². The Kier molecular flexibility index (Phi) is 5.62. The van der Waals surface area contributed by atoms with Crippen LogP contribution in [0, 0.1) is 0 Å². The van der Waals surface area contributed by atoms with E-state index in [0.29, 0.717) is 5.75 Å². The Hall–Kier alpha value is -3.22. The number of methoxy groups -OCH3 is 2. The zero-order valence-corrected chi connectivity index (χ0v) is 13.2. The molecular formula is C17H17NO6.